The smallest absolute Gasteiger partial charge is 0.416 e. The molecule has 1 aliphatic heterocycles. The Hall–Kier alpha value is -3.17. The number of benzene rings is 2. The van der Waals surface area contributed by atoms with Crippen LogP contribution in [-0.4, -0.2) is 21.4 Å². The van der Waals surface area contributed by atoms with Crippen LogP contribution in [0.3, 0.4) is 0 Å². The number of halogens is 5. The first-order chi connectivity index (χ1) is 12.8. The lowest BCUT2D eigenvalue weighted by Gasteiger charge is -2.15. The lowest BCUT2D eigenvalue weighted by atomic mass is 10.1. The topological polar surface area (TPSA) is 49.2 Å². The van der Waals surface area contributed by atoms with E-state index in [2.05, 4.69) is 14.9 Å². The molecule has 2 heterocycles. The van der Waals surface area contributed by atoms with Crippen LogP contribution in [-0.2, 0) is 6.18 Å². The minimum Gasteiger partial charge on any atom is -0.453 e. The Morgan fingerprint density at radius 3 is 2.56 bits per heavy atom. The molecule has 0 atom stereocenters. The van der Waals surface area contributed by atoms with Crippen molar-refractivity contribution in [1.82, 2.24) is 14.8 Å². The second-order valence-electron chi connectivity index (χ2n) is 5.56. The molecule has 2 aromatic carbocycles. The average molecular weight is 382 g/mol. The van der Waals surface area contributed by atoms with E-state index in [9.17, 15) is 22.0 Å². The highest BCUT2D eigenvalue weighted by Gasteiger charge is 2.32. The van der Waals surface area contributed by atoms with Crippen molar-refractivity contribution in [2.75, 3.05) is 0 Å². The quantitative estimate of drug-likeness (QED) is 0.485. The van der Waals surface area contributed by atoms with Gasteiger partial charge in [0.05, 0.1) is 17.7 Å². The number of fused-ring (bicyclic) bond motifs is 3. The molecule has 10 heteroatoms. The lowest BCUT2D eigenvalue weighted by Crippen LogP contribution is -2.08. The summed E-state index contributed by atoms with van der Waals surface area (Å²) in [7, 11) is 0. The summed E-state index contributed by atoms with van der Waals surface area (Å²) >= 11 is 0. The van der Waals surface area contributed by atoms with Crippen molar-refractivity contribution in [2.45, 2.75) is 12.8 Å². The minimum absolute atomic E-state index is 0.225. The Balaban J connectivity index is 1.68. The third kappa shape index (κ3) is 3.29. The molecule has 1 radical (unpaired) electrons. The number of hydrogen-bond acceptors (Lipinski definition) is 4. The van der Waals surface area contributed by atoms with E-state index in [0.29, 0.717) is 17.6 Å². The van der Waals surface area contributed by atoms with E-state index in [4.69, 9.17) is 4.74 Å². The van der Waals surface area contributed by atoms with E-state index in [1.165, 1.54) is 6.33 Å². The summed E-state index contributed by atoms with van der Waals surface area (Å²) in [5, 5.41) is 7.68. The molecule has 0 bridgehead atoms. The summed E-state index contributed by atoms with van der Waals surface area (Å²) in [6, 6.07) is 6.99. The lowest BCUT2D eigenvalue weighted by molar-refractivity contribution is -0.138. The molecule has 0 unspecified atom stereocenters. The minimum atomic E-state index is -4.70. The van der Waals surface area contributed by atoms with Crippen LogP contribution in [0.15, 0.2) is 42.7 Å². The fraction of sp³-hybridized carbons (Fsp3) is 0.118. The summed E-state index contributed by atoms with van der Waals surface area (Å²) < 4.78 is 75.0. The summed E-state index contributed by atoms with van der Waals surface area (Å²) in [6.45, 7) is -3.30. The molecule has 4 rings (SSSR count). The van der Waals surface area contributed by atoms with Crippen molar-refractivity contribution in [2.24, 2.45) is 0 Å². The maximum atomic E-state index is 12.8. The number of rotatable bonds is 4. The first-order valence-corrected chi connectivity index (χ1v) is 7.54. The summed E-state index contributed by atoms with van der Waals surface area (Å²) in [5.41, 5.74) is 0.405. The number of ether oxygens (including phenoxy) is 2. The Kier molecular flexibility index (Phi) is 3.97. The molecule has 1 aromatic heterocycles. The molecular weight excluding hydrogens is 373 g/mol. The molecule has 27 heavy (non-hydrogen) atoms. The van der Waals surface area contributed by atoms with Crippen molar-refractivity contribution in [3.63, 3.8) is 0 Å². The molecule has 0 spiro atoms. The van der Waals surface area contributed by atoms with Crippen LogP contribution in [0.2, 0.25) is 0 Å². The van der Waals surface area contributed by atoms with Crippen molar-refractivity contribution >= 4 is 0 Å². The van der Waals surface area contributed by atoms with Gasteiger partial charge in [-0.25, -0.2) is 0 Å². The molecule has 0 saturated heterocycles. The third-order valence-corrected chi connectivity index (χ3v) is 3.84. The van der Waals surface area contributed by atoms with E-state index in [1.54, 1.807) is 29.2 Å². The van der Waals surface area contributed by atoms with Gasteiger partial charge in [-0.15, -0.1) is 10.2 Å². The van der Waals surface area contributed by atoms with Gasteiger partial charge in [0, 0.05) is 6.07 Å². The van der Waals surface area contributed by atoms with Crippen LogP contribution < -0.4 is 9.47 Å². The van der Waals surface area contributed by atoms with Gasteiger partial charge in [0.1, 0.15) is 17.9 Å². The monoisotopic (exact) mass is 382 g/mol. The van der Waals surface area contributed by atoms with Gasteiger partial charge in [0.2, 0.25) is 0 Å². The van der Waals surface area contributed by atoms with E-state index in [-0.39, 0.29) is 11.5 Å². The van der Waals surface area contributed by atoms with Crippen LogP contribution in [0.1, 0.15) is 17.0 Å². The van der Waals surface area contributed by atoms with Crippen LogP contribution in [0.4, 0.5) is 22.0 Å². The molecule has 5 nitrogen and oxygen atoms in total. The fourth-order valence-electron chi connectivity index (χ4n) is 2.67. The molecule has 0 saturated carbocycles. The fourth-order valence-corrected chi connectivity index (χ4v) is 2.67. The van der Waals surface area contributed by atoms with Gasteiger partial charge in [-0.1, -0.05) is 6.07 Å². The van der Waals surface area contributed by atoms with Gasteiger partial charge >= 0.3 is 12.8 Å². The van der Waals surface area contributed by atoms with Crippen LogP contribution >= 0.6 is 0 Å². The van der Waals surface area contributed by atoms with E-state index in [1.807, 2.05) is 0 Å². The zero-order chi connectivity index (χ0) is 19.2. The summed E-state index contributed by atoms with van der Waals surface area (Å²) in [5.74, 6) is -0.146. The van der Waals surface area contributed by atoms with Gasteiger partial charge in [-0.05, 0) is 29.8 Å². The molecular formula is C17H9F5N3O2. The number of aromatic nitrogens is 3. The van der Waals surface area contributed by atoms with E-state index < -0.39 is 24.1 Å². The highest BCUT2D eigenvalue weighted by atomic mass is 19.4. The molecule has 139 valence electrons. The summed E-state index contributed by atoms with van der Waals surface area (Å²) in [6.07, 6.45) is -1.42. The zero-order valence-corrected chi connectivity index (χ0v) is 13.2. The standard InChI is InChI=1S/C17H9F5N3O2/c18-16(19)27-14-6-10(17(20,21)22)2-4-13(14)26-11-3-1-9-5-15-24-23-8-25(15)12(9)7-11/h1-8,16H. The maximum absolute atomic E-state index is 12.8. The van der Waals surface area contributed by atoms with Crippen molar-refractivity contribution in [3.8, 4) is 22.9 Å². The summed E-state index contributed by atoms with van der Waals surface area (Å²) in [4.78, 5) is 0. The normalized spacial score (nSPS) is 12.8. The molecule has 3 aromatic rings. The zero-order valence-electron chi connectivity index (χ0n) is 13.2. The molecule has 0 N–H and O–H groups in total. The van der Waals surface area contributed by atoms with E-state index in [0.717, 1.165) is 17.7 Å². The van der Waals surface area contributed by atoms with Gasteiger partial charge in [0.25, 0.3) is 0 Å². The average Bonchev–Trinajstić information content (AvgIpc) is 3.16. The second kappa shape index (κ2) is 6.22. The largest absolute Gasteiger partial charge is 0.453 e. The van der Waals surface area contributed by atoms with E-state index >= 15 is 0 Å². The van der Waals surface area contributed by atoms with Gasteiger partial charge < -0.3 is 9.47 Å². The Labute approximate surface area is 149 Å². The van der Waals surface area contributed by atoms with Crippen molar-refractivity contribution in [3.05, 3.63) is 66.1 Å². The van der Waals surface area contributed by atoms with Crippen LogP contribution in [0.25, 0.3) is 5.69 Å². The van der Waals surface area contributed by atoms with Gasteiger partial charge in [-0.2, -0.15) is 22.0 Å². The third-order valence-electron chi connectivity index (χ3n) is 3.84. The maximum Gasteiger partial charge on any atom is 0.416 e. The predicted molar refractivity (Wildman–Crippen MR) is 82.0 cm³/mol. The molecule has 0 aliphatic carbocycles. The van der Waals surface area contributed by atoms with Crippen LogP contribution in [0.5, 0.6) is 17.2 Å². The first-order valence-electron chi connectivity index (χ1n) is 7.54. The van der Waals surface area contributed by atoms with Crippen molar-refractivity contribution in [1.29, 1.82) is 0 Å². The highest BCUT2D eigenvalue weighted by molar-refractivity contribution is 5.58. The Morgan fingerprint density at radius 1 is 1.00 bits per heavy atom. The molecule has 0 amide bonds. The molecule has 0 fully saturated rings. The Bertz CT molecular complexity index is 1000. The predicted octanol–water partition coefficient (Wildman–Crippen LogP) is 4.59. The number of alkyl halides is 5. The van der Waals surface area contributed by atoms with Gasteiger partial charge in [0.15, 0.2) is 11.5 Å². The Morgan fingerprint density at radius 2 is 1.81 bits per heavy atom. The number of hydrogen-bond donors (Lipinski definition) is 0. The second-order valence-corrected chi connectivity index (χ2v) is 5.56. The first kappa shape index (κ1) is 17.3. The van der Waals surface area contributed by atoms with Crippen LogP contribution in [0, 0.1) is 6.42 Å². The molecule has 1 aliphatic rings. The highest BCUT2D eigenvalue weighted by Crippen LogP contribution is 2.40. The number of nitrogens with zero attached hydrogens (tertiary/aromatic N) is 3. The van der Waals surface area contributed by atoms with Crippen molar-refractivity contribution < 1.29 is 31.4 Å². The SMILES string of the molecule is FC(F)Oc1cc(C(F)(F)F)ccc1Oc1ccc2c(c1)-n1cnnc1[CH]2. The van der Waals surface area contributed by atoms with Gasteiger partial charge in [-0.3, -0.25) is 4.57 Å².